The van der Waals surface area contributed by atoms with Gasteiger partial charge in [-0.05, 0) is 35.4 Å². The molecule has 8 atom stereocenters. The zero-order chi connectivity index (χ0) is 45.3. The summed E-state index contributed by atoms with van der Waals surface area (Å²) in [5.41, 5.74) is -3.64. The maximum atomic E-state index is 14.0. The zero-order valence-corrected chi connectivity index (χ0v) is 34.1. The van der Waals surface area contributed by atoms with E-state index in [4.69, 9.17) is 47.4 Å². The van der Waals surface area contributed by atoms with E-state index in [9.17, 15) is 47.9 Å². The molecule has 2 fully saturated rings. The van der Waals surface area contributed by atoms with E-state index < -0.39 is 123 Å². The fourth-order valence-electron chi connectivity index (χ4n) is 9.16. The van der Waals surface area contributed by atoms with Crippen molar-refractivity contribution >= 4 is 59.3 Å². The molecule has 2 saturated heterocycles. The monoisotopic (exact) mass is 860 g/mol. The summed E-state index contributed by atoms with van der Waals surface area (Å²) in [4.78, 5) is 125. The van der Waals surface area contributed by atoms with E-state index in [1.165, 1.54) is 40.6 Å². The van der Waals surface area contributed by atoms with Gasteiger partial charge in [0.1, 0.15) is 11.8 Å². The Morgan fingerprint density at radius 3 is 1.44 bits per heavy atom. The molecular weight excluding hydrogens is 824 g/mol. The highest BCUT2D eigenvalue weighted by molar-refractivity contribution is 6.16. The number of hydrogen-bond acceptors (Lipinski definition) is 20. The molecule has 0 amide bonds. The molecule has 20 heteroatoms. The molecule has 10 rings (SSSR count). The van der Waals surface area contributed by atoms with Crippen LogP contribution in [0.25, 0.3) is 0 Å². The highest BCUT2D eigenvalue weighted by Gasteiger charge is 2.68. The average molecular weight is 861 g/mol. The third kappa shape index (κ3) is 6.22. The van der Waals surface area contributed by atoms with Gasteiger partial charge in [0, 0.05) is 46.6 Å². The average Bonchev–Trinajstić information content (AvgIpc) is 3.55. The molecule has 2 aliphatic heterocycles. The lowest BCUT2D eigenvalue weighted by molar-refractivity contribution is -0.160. The number of hydrogen-bond donors (Lipinski definition) is 0. The number of ketones is 2. The van der Waals surface area contributed by atoms with E-state index in [1.54, 1.807) is 18.2 Å². The molecule has 0 N–H and O–H groups in total. The number of cyclic esters (lactones) is 4. The van der Waals surface area contributed by atoms with Crippen molar-refractivity contribution in [3.63, 3.8) is 0 Å². The van der Waals surface area contributed by atoms with Crippen LogP contribution in [0.4, 0.5) is 0 Å². The summed E-state index contributed by atoms with van der Waals surface area (Å²) in [7, 11) is 5.63. The Balaban J connectivity index is 0.000000192. The largest absolute Gasteiger partial charge is 0.493 e. The second-order valence-corrected chi connectivity index (χ2v) is 14.7. The highest BCUT2D eigenvalue weighted by Crippen LogP contribution is 2.59. The lowest BCUT2D eigenvalue weighted by atomic mass is 9.69. The Hall–Kier alpha value is -7.22. The normalized spacial score (nSPS) is 27.8. The van der Waals surface area contributed by atoms with E-state index >= 15 is 0 Å². The number of ether oxygens (including phenoxy) is 10. The van der Waals surface area contributed by atoms with Crippen molar-refractivity contribution in [3.05, 3.63) is 58.7 Å². The molecule has 0 saturated carbocycles. The van der Waals surface area contributed by atoms with Gasteiger partial charge in [-0.15, -0.1) is 0 Å². The second-order valence-electron chi connectivity index (χ2n) is 14.7. The predicted molar refractivity (Wildman–Crippen MR) is 199 cm³/mol. The van der Waals surface area contributed by atoms with E-state index in [0.717, 1.165) is 33.8 Å². The summed E-state index contributed by atoms with van der Waals surface area (Å²) in [6.07, 6.45) is 5.81. The van der Waals surface area contributed by atoms with Gasteiger partial charge >= 0.3 is 47.8 Å². The molecule has 6 aliphatic carbocycles. The minimum atomic E-state index is -2.31. The van der Waals surface area contributed by atoms with Crippen LogP contribution in [0.3, 0.4) is 0 Å². The van der Waals surface area contributed by atoms with Gasteiger partial charge in [0.05, 0.1) is 44.3 Å². The number of rotatable bonds is 8. The van der Waals surface area contributed by atoms with Crippen molar-refractivity contribution in [3.8, 4) is 34.5 Å². The smallest absolute Gasteiger partial charge is 0.322 e. The summed E-state index contributed by atoms with van der Waals surface area (Å²) >= 11 is 0. The van der Waals surface area contributed by atoms with Crippen LogP contribution in [0.2, 0.25) is 0 Å². The summed E-state index contributed by atoms with van der Waals surface area (Å²) in [5, 5.41) is 0. The Morgan fingerprint density at radius 1 is 0.516 bits per heavy atom. The number of benzene rings is 2. The number of allylic oxidation sites excluding steroid dienone is 2. The molecule has 2 aromatic rings. The first-order valence-electron chi connectivity index (χ1n) is 18.6. The first kappa shape index (κ1) is 42.9. The lowest BCUT2D eigenvalue weighted by Gasteiger charge is -2.36. The van der Waals surface area contributed by atoms with Gasteiger partial charge in [-0.1, -0.05) is 12.2 Å². The Bertz CT molecular complexity index is 2510. The van der Waals surface area contributed by atoms with Crippen LogP contribution < -0.4 is 28.4 Å². The molecule has 8 unspecified atom stereocenters. The van der Waals surface area contributed by atoms with Crippen molar-refractivity contribution in [2.24, 2.45) is 23.7 Å². The highest BCUT2D eigenvalue weighted by atomic mass is 16.6. The summed E-state index contributed by atoms with van der Waals surface area (Å²) in [6.45, 7) is 4.09. The Labute approximate surface area is 350 Å². The van der Waals surface area contributed by atoms with Crippen molar-refractivity contribution < 1.29 is 95.3 Å². The quantitative estimate of drug-likeness (QED) is 0.121. The standard InChI is InChI=1S/C23H18O12.C19H18O8/c1-8(24)31-14-7-13-12-5-6-23(35-11(4)27,17-15(12)21(29)34-22(17)30)20(28)16(13)19(33-10(3)26)18(14)32-9(2)25;1-23-10-7-9-8-5-6-19(26-4,13-11(8)17(21)27-18(13)22)16(20)12(9)15(25-3)14(10)24-2/h5-7,12,15,17H,1-4H3;5-8,11,13H,1-4H3. The number of carbonyl (C=O) groups is 10. The SMILES string of the molecule is CC(=O)Oc1cc2c(c(OC(C)=O)c1OC(C)=O)C(=O)C1(OC(C)=O)C=CC2C2C(=O)OC(=O)C21.COc1cc2c(c(OC)c1OC)C(=O)C1(OC)C=CC2C2C(=O)OC(=O)C21. The number of methoxy groups -OCH3 is 4. The van der Waals surface area contributed by atoms with Crippen LogP contribution >= 0.6 is 0 Å². The fraction of sp³-hybridized carbons (Fsp3) is 0.381. The summed E-state index contributed by atoms with van der Waals surface area (Å²) < 4.78 is 52.4. The Morgan fingerprint density at radius 2 is 0.968 bits per heavy atom. The topological polar surface area (TPSA) is 263 Å². The van der Waals surface area contributed by atoms with Crippen LogP contribution in [-0.2, 0) is 57.3 Å². The van der Waals surface area contributed by atoms with Gasteiger partial charge in [0.2, 0.25) is 28.7 Å². The first-order valence-corrected chi connectivity index (χ1v) is 18.6. The van der Waals surface area contributed by atoms with E-state index in [2.05, 4.69) is 0 Å². The fourth-order valence-corrected chi connectivity index (χ4v) is 9.16. The molecule has 324 valence electrons. The molecule has 2 aromatic carbocycles. The summed E-state index contributed by atoms with van der Waals surface area (Å²) in [5.74, 6) is -15.7. The minimum Gasteiger partial charge on any atom is -0.493 e. The molecule has 0 aromatic heterocycles. The molecule has 0 radical (unpaired) electrons. The molecule has 8 aliphatic rings. The van der Waals surface area contributed by atoms with Crippen molar-refractivity contribution in [2.75, 3.05) is 28.4 Å². The maximum absolute atomic E-state index is 14.0. The second kappa shape index (κ2) is 15.4. The van der Waals surface area contributed by atoms with Gasteiger partial charge in [-0.25, -0.2) is 0 Å². The predicted octanol–water partition coefficient (Wildman–Crippen LogP) is 2.19. The van der Waals surface area contributed by atoms with Crippen molar-refractivity contribution in [1.29, 1.82) is 0 Å². The van der Waals surface area contributed by atoms with Gasteiger partial charge in [-0.3, -0.25) is 47.9 Å². The van der Waals surface area contributed by atoms with Gasteiger partial charge in [0.15, 0.2) is 28.6 Å². The minimum absolute atomic E-state index is 0.00262. The van der Waals surface area contributed by atoms with E-state index in [-0.39, 0.29) is 28.4 Å². The third-order valence-electron chi connectivity index (χ3n) is 11.3. The molecule has 0 spiro atoms. The van der Waals surface area contributed by atoms with Gasteiger partial charge in [0.25, 0.3) is 0 Å². The zero-order valence-electron chi connectivity index (χ0n) is 34.1. The van der Waals surface area contributed by atoms with E-state index in [1.807, 2.05) is 0 Å². The van der Waals surface area contributed by atoms with Crippen LogP contribution in [-0.4, -0.2) is 99.0 Å². The number of carbonyl (C=O) groups excluding carboxylic acids is 10. The van der Waals surface area contributed by atoms with Gasteiger partial charge in [-0.2, -0.15) is 0 Å². The van der Waals surface area contributed by atoms with Crippen molar-refractivity contribution in [1.82, 2.24) is 0 Å². The lowest BCUT2D eigenvalue weighted by Crippen LogP contribution is -2.53. The molecule has 62 heavy (non-hydrogen) atoms. The van der Waals surface area contributed by atoms with Crippen LogP contribution in [0, 0.1) is 23.7 Å². The van der Waals surface area contributed by atoms with Crippen LogP contribution in [0.15, 0.2) is 36.4 Å². The van der Waals surface area contributed by atoms with Crippen LogP contribution in [0.5, 0.6) is 34.5 Å². The maximum Gasteiger partial charge on any atom is 0.322 e. The van der Waals surface area contributed by atoms with Crippen molar-refractivity contribution in [2.45, 2.75) is 50.7 Å². The number of esters is 8. The third-order valence-corrected chi connectivity index (χ3v) is 11.3. The van der Waals surface area contributed by atoms with Gasteiger partial charge < -0.3 is 47.4 Å². The molecule has 4 bridgehead atoms. The number of Topliss-reactive ketones (excluding diaryl/α,β-unsaturated/α-hetero) is 2. The van der Waals surface area contributed by atoms with Crippen LogP contribution in [0.1, 0.15) is 71.4 Å². The summed E-state index contributed by atoms with van der Waals surface area (Å²) in [6, 6.07) is 2.80. The molecule has 2 heterocycles. The Kier molecular flexibility index (Phi) is 10.6. The van der Waals surface area contributed by atoms with E-state index in [0.29, 0.717) is 11.3 Å². The first-order chi connectivity index (χ1) is 29.3. The molecule has 20 nitrogen and oxygen atoms in total. The molecular formula is C42H36O20.